The van der Waals surface area contributed by atoms with Crippen molar-refractivity contribution in [1.82, 2.24) is 0 Å². The van der Waals surface area contributed by atoms with Gasteiger partial charge >= 0.3 is 0 Å². The van der Waals surface area contributed by atoms with Gasteiger partial charge in [0, 0.05) is 0 Å². The van der Waals surface area contributed by atoms with Crippen LogP contribution in [0.4, 0.5) is 4.39 Å². The van der Waals surface area contributed by atoms with Crippen LogP contribution in [-0.2, 0) is 0 Å². The SMILES string of the molecule is C=C(C)C(O)c1ccc(F)c(C)c1. The van der Waals surface area contributed by atoms with E-state index in [0.717, 1.165) is 0 Å². The predicted molar refractivity (Wildman–Crippen MR) is 50.9 cm³/mol. The molecular weight excluding hydrogens is 167 g/mol. The Morgan fingerprint density at radius 3 is 2.62 bits per heavy atom. The van der Waals surface area contributed by atoms with Crippen LogP contribution in [0.1, 0.15) is 24.2 Å². The number of aryl methyl sites for hydroxylation is 1. The molecule has 2 heteroatoms. The second-order valence-electron chi connectivity index (χ2n) is 3.26. The van der Waals surface area contributed by atoms with Crippen LogP contribution in [0.15, 0.2) is 30.4 Å². The minimum absolute atomic E-state index is 0.252. The van der Waals surface area contributed by atoms with Gasteiger partial charge in [0.05, 0.1) is 6.10 Å². The first-order valence-corrected chi connectivity index (χ1v) is 4.12. The van der Waals surface area contributed by atoms with Crippen LogP contribution in [0, 0.1) is 12.7 Å². The summed E-state index contributed by atoms with van der Waals surface area (Å²) in [5.74, 6) is -0.252. The van der Waals surface area contributed by atoms with Crippen molar-refractivity contribution in [2.45, 2.75) is 20.0 Å². The van der Waals surface area contributed by atoms with Gasteiger partial charge in [0.2, 0.25) is 0 Å². The number of aliphatic hydroxyl groups excluding tert-OH is 1. The Hall–Kier alpha value is -1.15. The molecule has 0 aromatic heterocycles. The van der Waals surface area contributed by atoms with Crippen molar-refractivity contribution < 1.29 is 9.50 Å². The summed E-state index contributed by atoms with van der Waals surface area (Å²) < 4.78 is 12.9. The molecule has 1 aromatic carbocycles. The molecule has 0 aliphatic carbocycles. The fraction of sp³-hybridized carbons (Fsp3) is 0.273. The van der Waals surface area contributed by atoms with E-state index < -0.39 is 6.10 Å². The Kier molecular flexibility index (Phi) is 2.83. The van der Waals surface area contributed by atoms with Gasteiger partial charge in [-0.2, -0.15) is 0 Å². The minimum Gasteiger partial charge on any atom is -0.384 e. The van der Waals surface area contributed by atoms with Crippen LogP contribution < -0.4 is 0 Å². The predicted octanol–water partition coefficient (Wildman–Crippen LogP) is 2.74. The zero-order valence-corrected chi connectivity index (χ0v) is 7.84. The number of rotatable bonds is 2. The molecule has 0 radical (unpaired) electrons. The summed E-state index contributed by atoms with van der Waals surface area (Å²) in [6.07, 6.45) is -0.695. The van der Waals surface area contributed by atoms with Gasteiger partial charge in [0.1, 0.15) is 5.82 Å². The van der Waals surface area contributed by atoms with E-state index in [1.165, 1.54) is 6.07 Å². The average molecular weight is 180 g/mol. The van der Waals surface area contributed by atoms with Gasteiger partial charge < -0.3 is 5.11 Å². The van der Waals surface area contributed by atoms with Gasteiger partial charge in [-0.05, 0) is 36.6 Å². The Labute approximate surface area is 77.5 Å². The van der Waals surface area contributed by atoms with Gasteiger partial charge in [0.25, 0.3) is 0 Å². The van der Waals surface area contributed by atoms with Crippen LogP contribution in [0.3, 0.4) is 0 Å². The van der Waals surface area contributed by atoms with E-state index in [-0.39, 0.29) is 5.82 Å². The van der Waals surface area contributed by atoms with Crippen molar-refractivity contribution in [1.29, 1.82) is 0 Å². The summed E-state index contributed by atoms with van der Waals surface area (Å²) >= 11 is 0. The van der Waals surface area contributed by atoms with Crippen LogP contribution in [-0.4, -0.2) is 5.11 Å². The molecule has 0 spiro atoms. The van der Waals surface area contributed by atoms with Crippen molar-refractivity contribution in [2.24, 2.45) is 0 Å². The fourth-order valence-electron chi connectivity index (χ4n) is 1.12. The van der Waals surface area contributed by atoms with Gasteiger partial charge in [-0.15, -0.1) is 0 Å². The highest BCUT2D eigenvalue weighted by molar-refractivity contribution is 5.29. The van der Waals surface area contributed by atoms with E-state index >= 15 is 0 Å². The number of aliphatic hydroxyl groups is 1. The number of hydrogen-bond acceptors (Lipinski definition) is 1. The summed E-state index contributed by atoms with van der Waals surface area (Å²) in [7, 11) is 0. The topological polar surface area (TPSA) is 20.2 Å². The van der Waals surface area contributed by atoms with Crippen molar-refractivity contribution in [3.63, 3.8) is 0 Å². The maximum Gasteiger partial charge on any atom is 0.126 e. The molecule has 0 fully saturated rings. The minimum atomic E-state index is -0.695. The molecule has 1 N–H and O–H groups in total. The zero-order valence-electron chi connectivity index (χ0n) is 7.84. The summed E-state index contributed by atoms with van der Waals surface area (Å²) in [5, 5.41) is 9.59. The van der Waals surface area contributed by atoms with Crippen molar-refractivity contribution >= 4 is 0 Å². The third-order valence-electron chi connectivity index (χ3n) is 1.96. The molecule has 1 atom stereocenters. The third-order valence-corrected chi connectivity index (χ3v) is 1.96. The normalized spacial score (nSPS) is 12.6. The Balaban J connectivity index is 3.03. The summed E-state index contributed by atoms with van der Waals surface area (Å²) in [6, 6.07) is 4.56. The first-order valence-electron chi connectivity index (χ1n) is 4.12. The van der Waals surface area contributed by atoms with E-state index in [9.17, 15) is 9.50 Å². The summed E-state index contributed by atoms with van der Waals surface area (Å²) in [6.45, 7) is 7.05. The Morgan fingerprint density at radius 1 is 1.54 bits per heavy atom. The molecule has 1 unspecified atom stereocenters. The van der Waals surface area contributed by atoms with Crippen LogP contribution in [0.25, 0.3) is 0 Å². The highest BCUT2D eigenvalue weighted by Crippen LogP contribution is 2.21. The number of halogens is 1. The lowest BCUT2D eigenvalue weighted by Crippen LogP contribution is -1.98. The molecule has 0 saturated carbocycles. The first-order chi connectivity index (χ1) is 6.02. The van der Waals surface area contributed by atoms with E-state index in [2.05, 4.69) is 6.58 Å². The lowest BCUT2D eigenvalue weighted by Gasteiger charge is -2.11. The highest BCUT2D eigenvalue weighted by atomic mass is 19.1. The van der Waals surface area contributed by atoms with Gasteiger partial charge in [-0.1, -0.05) is 18.7 Å². The largest absolute Gasteiger partial charge is 0.384 e. The fourth-order valence-corrected chi connectivity index (χ4v) is 1.12. The summed E-state index contributed by atoms with van der Waals surface area (Å²) in [5.41, 5.74) is 1.88. The quantitative estimate of drug-likeness (QED) is 0.694. The molecule has 0 aliphatic rings. The van der Waals surface area contributed by atoms with Gasteiger partial charge in [0.15, 0.2) is 0 Å². The maximum absolute atomic E-state index is 12.9. The van der Waals surface area contributed by atoms with E-state index in [1.54, 1.807) is 26.0 Å². The number of benzene rings is 1. The highest BCUT2D eigenvalue weighted by Gasteiger charge is 2.08. The van der Waals surface area contributed by atoms with Gasteiger partial charge in [-0.3, -0.25) is 0 Å². The Morgan fingerprint density at radius 2 is 2.15 bits per heavy atom. The Bertz CT molecular complexity index is 331. The number of hydrogen-bond donors (Lipinski definition) is 1. The van der Waals surface area contributed by atoms with Crippen molar-refractivity contribution in [2.75, 3.05) is 0 Å². The molecule has 0 aliphatic heterocycles. The smallest absolute Gasteiger partial charge is 0.126 e. The lowest BCUT2D eigenvalue weighted by atomic mass is 10.0. The molecular formula is C11H13FO. The molecule has 70 valence electrons. The molecule has 0 amide bonds. The van der Waals surface area contributed by atoms with Gasteiger partial charge in [-0.25, -0.2) is 4.39 Å². The summed E-state index contributed by atoms with van der Waals surface area (Å²) in [4.78, 5) is 0. The molecule has 1 nitrogen and oxygen atoms in total. The third kappa shape index (κ3) is 2.16. The second-order valence-corrected chi connectivity index (χ2v) is 3.26. The van der Waals surface area contributed by atoms with E-state index in [0.29, 0.717) is 16.7 Å². The van der Waals surface area contributed by atoms with E-state index in [4.69, 9.17) is 0 Å². The van der Waals surface area contributed by atoms with Crippen LogP contribution >= 0.6 is 0 Å². The average Bonchev–Trinajstić information content (AvgIpc) is 2.08. The first kappa shape index (κ1) is 9.93. The lowest BCUT2D eigenvalue weighted by molar-refractivity contribution is 0.216. The standard InChI is InChI=1S/C11H13FO/c1-7(2)11(13)9-4-5-10(12)8(3)6-9/h4-6,11,13H,1H2,2-3H3. The molecule has 0 saturated heterocycles. The molecule has 13 heavy (non-hydrogen) atoms. The zero-order chi connectivity index (χ0) is 10.0. The second kappa shape index (κ2) is 3.71. The molecule has 0 heterocycles. The van der Waals surface area contributed by atoms with Crippen molar-refractivity contribution in [3.05, 3.63) is 47.3 Å². The molecule has 1 rings (SSSR count). The molecule has 1 aromatic rings. The molecule has 0 bridgehead atoms. The van der Waals surface area contributed by atoms with E-state index in [1.807, 2.05) is 0 Å². The van der Waals surface area contributed by atoms with Crippen LogP contribution in [0.2, 0.25) is 0 Å². The van der Waals surface area contributed by atoms with Crippen LogP contribution in [0.5, 0.6) is 0 Å². The maximum atomic E-state index is 12.9. The van der Waals surface area contributed by atoms with Crippen molar-refractivity contribution in [3.8, 4) is 0 Å². The monoisotopic (exact) mass is 180 g/mol.